The molecule has 0 spiro atoms. The lowest BCUT2D eigenvalue weighted by molar-refractivity contribution is -0.116. The van der Waals surface area contributed by atoms with E-state index in [0.29, 0.717) is 11.1 Å². The van der Waals surface area contributed by atoms with Crippen LogP contribution in [-0.4, -0.2) is 28.8 Å². The first-order chi connectivity index (χ1) is 12.3. The molecule has 1 aromatic carbocycles. The van der Waals surface area contributed by atoms with E-state index >= 15 is 0 Å². The third kappa shape index (κ3) is 3.03. The van der Waals surface area contributed by atoms with Gasteiger partial charge in [0.1, 0.15) is 0 Å². The summed E-state index contributed by atoms with van der Waals surface area (Å²) in [6, 6.07) is 6.81. The zero-order valence-corrected chi connectivity index (χ0v) is 15.4. The summed E-state index contributed by atoms with van der Waals surface area (Å²) in [4.78, 5) is 36.4. The molecule has 0 bridgehead atoms. The minimum Gasteiger partial charge on any atom is -0.454 e. The molecule has 2 aromatic rings. The molecular weight excluding hydrogens is 332 g/mol. The molecule has 26 heavy (non-hydrogen) atoms. The average Bonchev–Trinajstić information content (AvgIpc) is 3.07. The van der Waals surface area contributed by atoms with E-state index in [1.54, 1.807) is 31.2 Å². The van der Waals surface area contributed by atoms with Crippen LogP contribution in [0.4, 0.5) is 5.69 Å². The second kappa shape index (κ2) is 6.78. The number of carbonyl (C=O) groups is 3. The molecule has 3 rings (SSSR count). The summed E-state index contributed by atoms with van der Waals surface area (Å²) in [7, 11) is 0. The van der Waals surface area contributed by atoms with Crippen molar-refractivity contribution in [3.05, 3.63) is 52.3 Å². The van der Waals surface area contributed by atoms with Crippen molar-refractivity contribution < 1.29 is 19.1 Å². The third-order valence-electron chi connectivity index (χ3n) is 4.94. The van der Waals surface area contributed by atoms with Crippen LogP contribution in [0, 0.1) is 13.8 Å². The van der Waals surface area contributed by atoms with Crippen LogP contribution < -0.4 is 5.32 Å². The van der Waals surface area contributed by atoms with E-state index in [4.69, 9.17) is 4.74 Å². The molecule has 1 aliphatic heterocycles. The van der Waals surface area contributed by atoms with E-state index in [1.165, 1.54) is 0 Å². The van der Waals surface area contributed by atoms with E-state index in [-0.39, 0.29) is 24.2 Å². The predicted molar refractivity (Wildman–Crippen MR) is 97.7 cm³/mol. The van der Waals surface area contributed by atoms with Gasteiger partial charge in [-0.15, -0.1) is 0 Å². The van der Waals surface area contributed by atoms with Crippen molar-refractivity contribution in [3.63, 3.8) is 0 Å². The van der Waals surface area contributed by atoms with Crippen LogP contribution in [0.1, 0.15) is 57.4 Å². The number of ketones is 1. The van der Waals surface area contributed by atoms with E-state index < -0.39 is 5.97 Å². The van der Waals surface area contributed by atoms with Gasteiger partial charge in [0, 0.05) is 29.2 Å². The number of ether oxygens (including phenoxy) is 1. The van der Waals surface area contributed by atoms with Crippen molar-refractivity contribution in [3.8, 4) is 0 Å². The van der Waals surface area contributed by atoms with Crippen LogP contribution in [-0.2, 0) is 16.1 Å². The van der Waals surface area contributed by atoms with E-state index in [2.05, 4.69) is 5.32 Å². The summed E-state index contributed by atoms with van der Waals surface area (Å²) >= 11 is 0. The number of hydrogen-bond acceptors (Lipinski definition) is 4. The van der Waals surface area contributed by atoms with Gasteiger partial charge in [-0.25, -0.2) is 4.79 Å². The van der Waals surface area contributed by atoms with Gasteiger partial charge in [-0.2, -0.15) is 0 Å². The molecule has 1 N–H and O–H groups in total. The Labute approximate surface area is 152 Å². The average molecular weight is 354 g/mol. The Bertz CT molecular complexity index is 911. The highest BCUT2D eigenvalue weighted by Crippen LogP contribution is 2.32. The molecule has 0 saturated carbocycles. The van der Waals surface area contributed by atoms with E-state index in [9.17, 15) is 14.4 Å². The number of anilines is 1. The molecular formula is C20H22N2O4. The van der Waals surface area contributed by atoms with Gasteiger partial charge in [0.05, 0.1) is 11.5 Å². The molecule has 2 heterocycles. The Balaban J connectivity index is 1.70. The number of amides is 1. The third-order valence-corrected chi connectivity index (χ3v) is 4.94. The van der Waals surface area contributed by atoms with Crippen LogP contribution in [0.3, 0.4) is 0 Å². The molecule has 1 atom stereocenters. The number of rotatable bonds is 5. The van der Waals surface area contributed by atoms with Crippen molar-refractivity contribution in [1.82, 2.24) is 4.57 Å². The molecule has 0 aliphatic carbocycles. The monoisotopic (exact) mass is 354 g/mol. The van der Waals surface area contributed by atoms with Crippen LogP contribution in [0.2, 0.25) is 0 Å². The van der Waals surface area contributed by atoms with Crippen molar-refractivity contribution in [2.24, 2.45) is 0 Å². The topological polar surface area (TPSA) is 77.4 Å². The van der Waals surface area contributed by atoms with Crippen LogP contribution in [0.5, 0.6) is 0 Å². The van der Waals surface area contributed by atoms with E-state index in [1.807, 2.05) is 25.3 Å². The van der Waals surface area contributed by atoms with Gasteiger partial charge in [-0.05, 0) is 57.5 Å². The number of hydrogen-bond donors (Lipinski definition) is 1. The lowest BCUT2D eigenvalue weighted by Gasteiger charge is -2.08. The normalized spacial score (nSPS) is 15.5. The molecule has 6 heteroatoms. The maximum atomic E-state index is 12.4. The van der Waals surface area contributed by atoms with Gasteiger partial charge in [-0.1, -0.05) is 0 Å². The second-order valence-corrected chi connectivity index (χ2v) is 6.54. The predicted octanol–water partition coefficient (Wildman–Crippen LogP) is 3.22. The first-order valence-corrected chi connectivity index (χ1v) is 8.65. The van der Waals surface area contributed by atoms with Gasteiger partial charge in [0.15, 0.2) is 12.4 Å². The van der Waals surface area contributed by atoms with Crippen molar-refractivity contribution in [2.75, 3.05) is 11.9 Å². The number of benzene rings is 1. The van der Waals surface area contributed by atoms with Crippen LogP contribution >= 0.6 is 0 Å². The SMILES string of the molecule is CCn1c(C)cc(C(=O)OCC(=O)c2ccc3c(c2)[C@@H](C)C(=O)N3)c1C. The Hall–Kier alpha value is -2.89. The fraction of sp³-hybridized carbons (Fsp3) is 0.350. The maximum Gasteiger partial charge on any atom is 0.340 e. The quantitative estimate of drug-likeness (QED) is 0.661. The second-order valence-electron chi connectivity index (χ2n) is 6.54. The van der Waals surface area contributed by atoms with Crippen LogP contribution in [0.15, 0.2) is 24.3 Å². The number of nitrogens with one attached hydrogen (secondary N) is 1. The summed E-state index contributed by atoms with van der Waals surface area (Å²) in [5, 5.41) is 2.77. The summed E-state index contributed by atoms with van der Waals surface area (Å²) in [5.74, 6) is -1.17. The first kappa shape index (κ1) is 17.9. The fourth-order valence-corrected chi connectivity index (χ4v) is 3.38. The lowest BCUT2D eigenvalue weighted by Crippen LogP contribution is -2.15. The first-order valence-electron chi connectivity index (χ1n) is 8.65. The lowest BCUT2D eigenvalue weighted by atomic mass is 9.99. The summed E-state index contributed by atoms with van der Waals surface area (Å²) in [6.45, 7) is 8.03. The maximum absolute atomic E-state index is 12.4. The van der Waals surface area contributed by atoms with Gasteiger partial charge in [0.2, 0.25) is 5.91 Å². The molecule has 0 unspecified atom stereocenters. The Morgan fingerprint density at radius 1 is 1.23 bits per heavy atom. The fourth-order valence-electron chi connectivity index (χ4n) is 3.38. The molecule has 1 amide bonds. The van der Waals surface area contributed by atoms with Gasteiger partial charge in [-0.3, -0.25) is 9.59 Å². The Morgan fingerprint density at radius 3 is 2.62 bits per heavy atom. The molecule has 1 aromatic heterocycles. The van der Waals surface area contributed by atoms with Crippen LogP contribution in [0.25, 0.3) is 0 Å². The van der Waals surface area contributed by atoms with Crippen molar-refractivity contribution in [2.45, 2.75) is 40.2 Å². The van der Waals surface area contributed by atoms with Gasteiger partial charge in [0.25, 0.3) is 0 Å². The highest BCUT2D eigenvalue weighted by Gasteiger charge is 2.27. The highest BCUT2D eigenvalue weighted by molar-refractivity contribution is 6.05. The summed E-state index contributed by atoms with van der Waals surface area (Å²) < 4.78 is 7.24. The Morgan fingerprint density at radius 2 is 1.96 bits per heavy atom. The number of esters is 1. The van der Waals surface area contributed by atoms with E-state index in [0.717, 1.165) is 29.2 Å². The number of aromatic nitrogens is 1. The molecule has 0 radical (unpaired) electrons. The molecule has 136 valence electrons. The zero-order chi connectivity index (χ0) is 19.0. The summed E-state index contributed by atoms with van der Waals surface area (Å²) in [5.41, 5.74) is 4.24. The summed E-state index contributed by atoms with van der Waals surface area (Å²) in [6.07, 6.45) is 0. The minimum absolute atomic E-state index is 0.0812. The number of carbonyl (C=O) groups excluding carboxylic acids is 3. The zero-order valence-electron chi connectivity index (χ0n) is 15.4. The Kier molecular flexibility index (Phi) is 4.68. The molecule has 1 aliphatic rings. The number of aryl methyl sites for hydroxylation is 1. The minimum atomic E-state index is -0.502. The van der Waals surface area contributed by atoms with Crippen molar-refractivity contribution >= 4 is 23.3 Å². The molecule has 6 nitrogen and oxygen atoms in total. The number of Topliss-reactive ketones (excluding diaryl/α,β-unsaturated/α-hetero) is 1. The molecule has 0 saturated heterocycles. The number of fused-ring (bicyclic) bond motifs is 1. The molecule has 0 fully saturated rings. The highest BCUT2D eigenvalue weighted by atomic mass is 16.5. The smallest absolute Gasteiger partial charge is 0.340 e. The van der Waals surface area contributed by atoms with Crippen molar-refractivity contribution in [1.29, 1.82) is 0 Å². The number of nitrogens with zero attached hydrogens (tertiary/aromatic N) is 1. The largest absolute Gasteiger partial charge is 0.454 e. The van der Waals surface area contributed by atoms with Gasteiger partial charge < -0.3 is 14.6 Å². The standard InChI is InChI=1S/C20H22N2O4/c1-5-22-11(2)8-16(13(22)4)20(25)26-10-18(23)14-6-7-17-15(9-14)12(3)19(24)21-17/h6-9,12H,5,10H2,1-4H3,(H,21,24)/t12-/m1/s1. The van der Waals surface area contributed by atoms with Gasteiger partial charge >= 0.3 is 5.97 Å².